The first-order valence-corrected chi connectivity index (χ1v) is 4.24. The van der Waals surface area contributed by atoms with Crippen LogP contribution in [0.3, 0.4) is 0 Å². The van der Waals surface area contributed by atoms with Gasteiger partial charge in [0, 0.05) is 18.7 Å². The highest BCUT2D eigenvalue weighted by Gasteiger charge is 2.20. The van der Waals surface area contributed by atoms with Crippen molar-refractivity contribution in [1.82, 2.24) is 4.90 Å². The molecule has 0 spiro atoms. The number of nitrogens with two attached hydrogens (primary N) is 1. The van der Waals surface area contributed by atoms with Gasteiger partial charge in [-0.25, -0.2) is 0 Å². The Balaban J connectivity index is 2.55. The molecule has 0 bridgehead atoms. The molecule has 1 atom stereocenters. The molecule has 0 aromatic heterocycles. The molecule has 1 fully saturated rings. The lowest BCUT2D eigenvalue weighted by Gasteiger charge is -2.28. The van der Waals surface area contributed by atoms with Crippen LogP contribution in [0.4, 0.5) is 0 Å². The molecule has 0 radical (unpaired) electrons. The van der Waals surface area contributed by atoms with Gasteiger partial charge in [0.15, 0.2) is 0 Å². The molecule has 1 saturated heterocycles. The second-order valence-corrected chi connectivity index (χ2v) is 3.30. The van der Waals surface area contributed by atoms with Crippen molar-refractivity contribution >= 4 is 11.9 Å². The van der Waals surface area contributed by atoms with Crippen LogP contribution in [0.2, 0.25) is 0 Å². The van der Waals surface area contributed by atoms with Gasteiger partial charge in [0.1, 0.15) is 0 Å². The number of nitrogens with one attached hydrogen (secondary N) is 1. The molecule has 1 unspecified atom stereocenters. The molecular weight excluding hydrogens is 152 g/mol. The lowest BCUT2D eigenvalue weighted by atomic mass is 9.94. The van der Waals surface area contributed by atoms with E-state index < -0.39 is 0 Å². The fraction of sp³-hybridized carbons (Fsp3) is 0.750. The van der Waals surface area contributed by atoms with E-state index in [1.165, 1.54) is 12.6 Å². The zero-order valence-corrected chi connectivity index (χ0v) is 7.45. The van der Waals surface area contributed by atoms with Crippen molar-refractivity contribution in [2.75, 3.05) is 20.1 Å². The van der Waals surface area contributed by atoms with Crippen molar-refractivity contribution in [3.63, 3.8) is 0 Å². The van der Waals surface area contributed by atoms with Crippen molar-refractivity contribution in [1.29, 1.82) is 5.41 Å². The minimum Gasteiger partial charge on any atom is -0.323 e. The van der Waals surface area contributed by atoms with Gasteiger partial charge in [-0.2, -0.15) is 5.10 Å². The molecule has 4 nitrogen and oxygen atoms in total. The number of piperidine rings is 1. The molecule has 0 saturated carbocycles. The summed E-state index contributed by atoms with van der Waals surface area (Å²) in [5, 5.41) is 10.7. The lowest BCUT2D eigenvalue weighted by molar-refractivity contribution is 0.248. The summed E-state index contributed by atoms with van der Waals surface area (Å²) in [6.45, 7) is 2.12. The molecule has 1 aliphatic heterocycles. The highest BCUT2D eigenvalue weighted by Crippen LogP contribution is 2.15. The Labute approximate surface area is 72.9 Å². The van der Waals surface area contributed by atoms with E-state index in [4.69, 9.17) is 11.3 Å². The topological polar surface area (TPSA) is 65.5 Å². The quantitative estimate of drug-likeness (QED) is 0.353. The van der Waals surface area contributed by atoms with Gasteiger partial charge in [0.25, 0.3) is 0 Å². The Kier molecular flexibility index (Phi) is 3.22. The molecule has 4 heteroatoms. The van der Waals surface area contributed by atoms with Crippen LogP contribution >= 0.6 is 0 Å². The third-order valence-corrected chi connectivity index (χ3v) is 2.34. The Morgan fingerprint density at radius 2 is 2.50 bits per heavy atom. The van der Waals surface area contributed by atoms with Crippen LogP contribution < -0.4 is 5.84 Å². The number of hydrogen-bond acceptors (Lipinski definition) is 4. The smallest absolute Gasteiger partial charge is 0.0819 e. The van der Waals surface area contributed by atoms with Gasteiger partial charge >= 0.3 is 0 Å². The average molecular weight is 168 g/mol. The zero-order valence-electron chi connectivity index (χ0n) is 7.45. The summed E-state index contributed by atoms with van der Waals surface area (Å²) in [5.41, 5.74) is 0.724. The molecule has 3 N–H and O–H groups in total. The number of nitrogens with zero attached hydrogens (tertiary/aromatic N) is 2. The minimum atomic E-state index is 0.367. The highest BCUT2D eigenvalue weighted by molar-refractivity contribution is 6.30. The molecular formula is C8H16N4. The van der Waals surface area contributed by atoms with E-state index in [1.807, 2.05) is 0 Å². The van der Waals surface area contributed by atoms with E-state index in [-0.39, 0.29) is 0 Å². The fourth-order valence-electron chi connectivity index (χ4n) is 1.67. The molecule has 1 aliphatic rings. The van der Waals surface area contributed by atoms with Gasteiger partial charge in [-0.1, -0.05) is 0 Å². The van der Waals surface area contributed by atoms with E-state index in [1.54, 1.807) is 0 Å². The maximum absolute atomic E-state index is 7.11. The fourth-order valence-corrected chi connectivity index (χ4v) is 1.67. The molecule has 68 valence electrons. The van der Waals surface area contributed by atoms with Crippen LogP contribution in [-0.4, -0.2) is 37.0 Å². The maximum Gasteiger partial charge on any atom is 0.0819 e. The second kappa shape index (κ2) is 4.21. The SMILES string of the molecule is CN1CCCC(/C(C=N)=N/N)C1. The summed E-state index contributed by atoms with van der Waals surface area (Å²) < 4.78 is 0. The standard InChI is InChI=1S/C8H16N4/c1-12-4-2-3-7(6-12)8(5-9)11-10/h5,7,9H,2-4,6,10H2,1H3/b9-5?,11-8+. The number of hydrazone groups is 1. The summed E-state index contributed by atoms with van der Waals surface area (Å²) >= 11 is 0. The van der Waals surface area contributed by atoms with E-state index >= 15 is 0 Å². The van der Waals surface area contributed by atoms with Gasteiger partial charge in [-0.05, 0) is 26.4 Å². The summed E-state index contributed by atoms with van der Waals surface area (Å²) in [4.78, 5) is 2.25. The Hall–Kier alpha value is -0.900. The van der Waals surface area contributed by atoms with Crippen molar-refractivity contribution in [3.05, 3.63) is 0 Å². The van der Waals surface area contributed by atoms with Crippen LogP contribution in [0.15, 0.2) is 5.10 Å². The Bertz CT molecular complexity index is 187. The Morgan fingerprint density at radius 1 is 1.75 bits per heavy atom. The summed E-state index contributed by atoms with van der Waals surface area (Å²) in [5.74, 6) is 5.54. The van der Waals surface area contributed by atoms with Gasteiger partial charge < -0.3 is 16.2 Å². The van der Waals surface area contributed by atoms with Crippen LogP contribution in [0.1, 0.15) is 12.8 Å². The maximum atomic E-state index is 7.11. The average Bonchev–Trinajstić information content (AvgIpc) is 2.07. The molecule has 1 rings (SSSR count). The third kappa shape index (κ3) is 2.04. The van der Waals surface area contributed by atoms with Crippen LogP contribution in [0.25, 0.3) is 0 Å². The minimum absolute atomic E-state index is 0.367. The molecule has 0 amide bonds. The van der Waals surface area contributed by atoms with Crippen molar-refractivity contribution in [2.45, 2.75) is 12.8 Å². The first kappa shape index (κ1) is 9.19. The number of hydrogen-bond donors (Lipinski definition) is 2. The van der Waals surface area contributed by atoms with E-state index in [9.17, 15) is 0 Å². The summed E-state index contributed by atoms with van der Waals surface area (Å²) in [7, 11) is 2.09. The van der Waals surface area contributed by atoms with Crippen LogP contribution in [0, 0.1) is 11.3 Å². The normalized spacial score (nSPS) is 27.1. The molecule has 0 aromatic rings. The molecule has 12 heavy (non-hydrogen) atoms. The van der Waals surface area contributed by atoms with Gasteiger partial charge in [0.2, 0.25) is 0 Å². The van der Waals surface area contributed by atoms with Crippen LogP contribution in [0.5, 0.6) is 0 Å². The lowest BCUT2D eigenvalue weighted by Crippen LogP contribution is -2.36. The molecule has 1 heterocycles. The van der Waals surface area contributed by atoms with Crippen molar-refractivity contribution in [2.24, 2.45) is 16.9 Å². The summed E-state index contributed by atoms with van der Waals surface area (Å²) in [6, 6.07) is 0. The highest BCUT2D eigenvalue weighted by atomic mass is 15.1. The van der Waals surface area contributed by atoms with E-state index in [0.717, 1.165) is 25.2 Å². The van der Waals surface area contributed by atoms with Gasteiger partial charge in [-0.3, -0.25) is 0 Å². The van der Waals surface area contributed by atoms with Gasteiger partial charge in [-0.15, -0.1) is 0 Å². The molecule has 0 aliphatic carbocycles. The van der Waals surface area contributed by atoms with Crippen molar-refractivity contribution < 1.29 is 0 Å². The predicted molar refractivity (Wildman–Crippen MR) is 50.6 cm³/mol. The largest absolute Gasteiger partial charge is 0.323 e. The third-order valence-electron chi connectivity index (χ3n) is 2.34. The van der Waals surface area contributed by atoms with E-state index in [0.29, 0.717) is 5.92 Å². The monoisotopic (exact) mass is 168 g/mol. The predicted octanol–water partition coefficient (Wildman–Crippen LogP) is 0.292. The van der Waals surface area contributed by atoms with Gasteiger partial charge in [0.05, 0.1) is 5.71 Å². The first-order chi connectivity index (χ1) is 5.77. The Morgan fingerprint density at radius 3 is 3.00 bits per heavy atom. The first-order valence-electron chi connectivity index (χ1n) is 4.24. The van der Waals surface area contributed by atoms with Crippen LogP contribution in [-0.2, 0) is 0 Å². The zero-order chi connectivity index (χ0) is 8.97. The second-order valence-electron chi connectivity index (χ2n) is 3.30. The molecule has 0 aromatic carbocycles. The van der Waals surface area contributed by atoms with E-state index in [2.05, 4.69) is 17.0 Å². The number of likely N-dealkylation sites (tertiary alicyclic amines) is 1. The number of rotatable bonds is 2. The van der Waals surface area contributed by atoms with Crippen molar-refractivity contribution in [3.8, 4) is 0 Å². The summed E-state index contributed by atoms with van der Waals surface area (Å²) in [6.07, 6.45) is 3.55.